The summed E-state index contributed by atoms with van der Waals surface area (Å²) < 4.78 is 10.4. The van der Waals surface area contributed by atoms with Gasteiger partial charge in [-0.3, -0.25) is 9.59 Å². The second-order valence-electron chi connectivity index (χ2n) is 7.81. The molecular weight excluding hydrogens is 384 g/mol. The van der Waals surface area contributed by atoms with Crippen molar-refractivity contribution in [2.75, 3.05) is 53.4 Å². The fourth-order valence-corrected chi connectivity index (χ4v) is 3.65. The summed E-state index contributed by atoms with van der Waals surface area (Å²) in [7, 11) is 3.35. The third-order valence-corrected chi connectivity index (χ3v) is 5.53. The number of ether oxygens (including phenoxy) is 1. The van der Waals surface area contributed by atoms with Crippen molar-refractivity contribution in [2.45, 2.75) is 13.1 Å². The van der Waals surface area contributed by atoms with E-state index in [0.717, 1.165) is 38.5 Å². The molecule has 0 radical (unpaired) electrons. The second-order valence-corrected chi connectivity index (χ2v) is 7.81. The summed E-state index contributed by atoms with van der Waals surface area (Å²) in [5.41, 5.74) is 1.30. The highest BCUT2D eigenvalue weighted by atomic mass is 16.5. The van der Waals surface area contributed by atoms with Crippen LogP contribution in [0.3, 0.4) is 0 Å². The maximum absolute atomic E-state index is 12.5. The number of rotatable bonds is 9. The molecule has 1 fully saturated rings. The first-order valence-corrected chi connectivity index (χ1v) is 10.4. The van der Waals surface area contributed by atoms with Gasteiger partial charge >= 0.3 is 0 Å². The molecule has 3 rings (SSSR count). The van der Waals surface area contributed by atoms with Crippen LogP contribution in [0.1, 0.15) is 11.3 Å². The van der Waals surface area contributed by atoms with Gasteiger partial charge in [0.2, 0.25) is 5.91 Å². The Labute approximate surface area is 177 Å². The molecule has 0 spiro atoms. The van der Waals surface area contributed by atoms with E-state index in [9.17, 15) is 9.59 Å². The number of quaternary nitrogens is 2. The highest BCUT2D eigenvalue weighted by Gasteiger charge is 2.26. The van der Waals surface area contributed by atoms with Gasteiger partial charge in [-0.05, 0) is 36.4 Å². The Kier molecular flexibility index (Phi) is 7.87. The molecule has 1 aromatic heterocycles. The van der Waals surface area contributed by atoms with Crippen LogP contribution in [-0.4, -0.2) is 70.1 Å². The van der Waals surface area contributed by atoms with Crippen LogP contribution in [0.25, 0.3) is 0 Å². The maximum Gasteiger partial charge on any atom is 0.277 e. The van der Waals surface area contributed by atoms with Gasteiger partial charge in [0.1, 0.15) is 44.2 Å². The Hall–Kier alpha value is -2.84. The lowest BCUT2D eigenvalue weighted by atomic mass is 10.2. The standard InChI is InChI=1S/C22H30N4O4/c1-24(16-21(27)23-14-20-4-3-13-30-20)22(28)17-26-11-9-25(10-12-26)15-18-5-7-19(29-2)8-6-18/h3-8,13H,9-12,14-17H2,1-2H3,(H,23,27)/p+2. The Morgan fingerprint density at radius 3 is 2.43 bits per heavy atom. The molecule has 0 aliphatic carbocycles. The van der Waals surface area contributed by atoms with Crippen LogP contribution in [0.5, 0.6) is 5.75 Å². The van der Waals surface area contributed by atoms with E-state index < -0.39 is 0 Å². The third-order valence-electron chi connectivity index (χ3n) is 5.53. The Bertz CT molecular complexity index is 799. The van der Waals surface area contributed by atoms with E-state index in [0.29, 0.717) is 18.8 Å². The molecule has 2 amide bonds. The topological polar surface area (TPSA) is 80.7 Å². The summed E-state index contributed by atoms with van der Waals surface area (Å²) >= 11 is 0. The lowest BCUT2D eigenvalue weighted by molar-refractivity contribution is -1.02. The molecule has 3 N–H and O–H groups in total. The number of carbonyl (C=O) groups excluding carboxylic acids is 2. The van der Waals surface area contributed by atoms with E-state index >= 15 is 0 Å². The van der Waals surface area contributed by atoms with Crippen LogP contribution in [0.15, 0.2) is 47.1 Å². The third kappa shape index (κ3) is 6.60. The van der Waals surface area contributed by atoms with Gasteiger partial charge in [-0.1, -0.05) is 0 Å². The number of nitrogens with one attached hydrogen (secondary N) is 3. The van der Waals surface area contributed by atoms with Gasteiger partial charge in [-0.2, -0.15) is 0 Å². The number of piperazine rings is 1. The molecule has 0 atom stereocenters. The van der Waals surface area contributed by atoms with Gasteiger partial charge in [0.25, 0.3) is 5.91 Å². The van der Waals surface area contributed by atoms with E-state index in [2.05, 4.69) is 17.4 Å². The molecule has 1 aliphatic rings. The minimum Gasteiger partial charge on any atom is -0.497 e. The Balaban J connectivity index is 1.35. The quantitative estimate of drug-likeness (QED) is 0.458. The number of nitrogens with zero attached hydrogens (tertiary/aromatic N) is 1. The number of methoxy groups -OCH3 is 1. The van der Waals surface area contributed by atoms with Crippen molar-refractivity contribution in [1.82, 2.24) is 10.2 Å². The highest BCUT2D eigenvalue weighted by molar-refractivity contribution is 5.84. The van der Waals surface area contributed by atoms with Crippen LogP contribution < -0.4 is 19.9 Å². The fourth-order valence-electron chi connectivity index (χ4n) is 3.65. The molecule has 30 heavy (non-hydrogen) atoms. The average molecular weight is 417 g/mol. The normalized spacial score (nSPS) is 18.6. The first-order valence-electron chi connectivity index (χ1n) is 10.4. The predicted molar refractivity (Wildman–Crippen MR) is 111 cm³/mol. The molecule has 0 bridgehead atoms. The molecule has 1 aromatic carbocycles. The van der Waals surface area contributed by atoms with Crippen molar-refractivity contribution in [3.63, 3.8) is 0 Å². The minimum absolute atomic E-state index is 0.00301. The summed E-state index contributed by atoms with van der Waals surface area (Å²) in [5.74, 6) is 1.37. The van der Waals surface area contributed by atoms with Crippen LogP contribution in [0.2, 0.25) is 0 Å². The molecule has 8 nitrogen and oxygen atoms in total. The van der Waals surface area contributed by atoms with E-state index in [4.69, 9.17) is 9.15 Å². The molecule has 2 aromatic rings. The number of amides is 2. The number of carbonyl (C=O) groups is 2. The Morgan fingerprint density at radius 1 is 1.10 bits per heavy atom. The van der Waals surface area contributed by atoms with Crippen molar-refractivity contribution >= 4 is 11.8 Å². The maximum atomic E-state index is 12.5. The summed E-state index contributed by atoms with van der Waals surface area (Å²) in [5, 5.41) is 2.77. The number of hydrogen-bond acceptors (Lipinski definition) is 4. The zero-order valence-electron chi connectivity index (χ0n) is 17.8. The smallest absolute Gasteiger partial charge is 0.277 e. The molecule has 0 saturated carbocycles. The summed E-state index contributed by atoms with van der Waals surface area (Å²) in [6, 6.07) is 11.8. The minimum atomic E-state index is -0.189. The van der Waals surface area contributed by atoms with Crippen LogP contribution in [-0.2, 0) is 22.7 Å². The summed E-state index contributed by atoms with van der Waals surface area (Å²) in [6.07, 6.45) is 1.57. The molecule has 1 saturated heterocycles. The van der Waals surface area contributed by atoms with E-state index in [1.807, 2.05) is 12.1 Å². The molecule has 162 valence electrons. The average Bonchev–Trinajstić information content (AvgIpc) is 3.28. The zero-order valence-corrected chi connectivity index (χ0v) is 17.8. The van der Waals surface area contributed by atoms with Crippen molar-refractivity contribution in [1.29, 1.82) is 0 Å². The number of hydrogen-bond donors (Lipinski definition) is 3. The van der Waals surface area contributed by atoms with Crippen LogP contribution in [0, 0.1) is 0 Å². The lowest BCUT2D eigenvalue weighted by Gasteiger charge is -2.30. The molecule has 0 unspecified atom stereocenters. The van der Waals surface area contributed by atoms with Gasteiger partial charge in [0, 0.05) is 12.6 Å². The highest BCUT2D eigenvalue weighted by Crippen LogP contribution is 2.10. The van der Waals surface area contributed by atoms with Crippen molar-refractivity contribution in [2.24, 2.45) is 0 Å². The van der Waals surface area contributed by atoms with Gasteiger partial charge < -0.3 is 29.2 Å². The predicted octanol–water partition coefficient (Wildman–Crippen LogP) is -1.65. The van der Waals surface area contributed by atoms with Gasteiger partial charge in [-0.15, -0.1) is 0 Å². The van der Waals surface area contributed by atoms with Gasteiger partial charge in [-0.25, -0.2) is 0 Å². The number of furan rings is 1. The van der Waals surface area contributed by atoms with Crippen molar-refractivity contribution in [3.05, 3.63) is 54.0 Å². The SMILES string of the molecule is COc1ccc(C[NH+]2CC[NH+](CC(=O)N(C)CC(=O)NCc3ccco3)CC2)cc1. The molecule has 2 heterocycles. The Morgan fingerprint density at radius 2 is 1.80 bits per heavy atom. The fraction of sp³-hybridized carbons (Fsp3) is 0.455. The second kappa shape index (κ2) is 10.8. The van der Waals surface area contributed by atoms with Gasteiger partial charge in [0.05, 0.1) is 26.5 Å². The molecular formula is C22H32N4O4+2. The molecule has 1 aliphatic heterocycles. The monoisotopic (exact) mass is 416 g/mol. The summed E-state index contributed by atoms with van der Waals surface area (Å²) in [6.45, 7) is 5.77. The largest absolute Gasteiger partial charge is 0.497 e. The van der Waals surface area contributed by atoms with Gasteiger partial charge in [0.15, 0.2) is 6.54 Å². The number of likely N-dealkylation sites (N-methyl/N-ethyl adjacent to an activating group) is 1. The first kappa shape index (κ1) is 21.9. The van der Waals surface area contributed by atoms with Crippen molar-refractivity contribution in [3.8, 4) is 5.75 Å². The summed E-state index contributed by atoms with van der Waals surface area (Å²) in [4.78, 5) is 28.8. The zero-order chi connectivity index (χ0) is 21.3. The van der Waals surface area contributed by atoms with E-state index in [1.165, 1.54) is 20.3 Å². The van der Waals surface area contributed by atoms with Crippen LogP contribution >= 0.6 is 0 Å². The van der Waals surface area contributed by atoms with E-state index in [-0.39, 0.29) is 18.4 Å². The first-order chi connectivity index (χ1) is 14.5. The lowest BCUT2D eigenvalue weighted by Crippen LogP contribution is -3.28. The molecule has 8 heteroatoms. The van der Waals surface area contributed by atoms with E-state index in [1.54, 1.807) is 32.6 Å². The number of benzene rings is 1. The van der Waals surface area contributed by atoms with Crippen molar-refractivity contribution < 1.29 is 28.5 Å². The van der Waals surface area contributed by atoms with Crippen LogP contribution in [0.4, 0.5) is 0 Å².